The second kappa shape index (κ2) is 13.9. The fraction of sp³-hybridized carbons (Fsp3) is 0.294. The Bertz CT molecular complexity index is 1900. The number of aromatic nitrogens is 2. The number of halogens is 7. The number of nitrogens with one attached hydrogen (secondary N) is 1. The maximum absolute atomic E-state index is 14.7. The number of alkyl halides is 6. The number of hydrogen-bond donors (Lipinski definition) is 3. The molecule has 4 N–H and O–H groups in total. The van der Waals surface area contributed by atoms with Gasteiger partial charge in [0, 0.05) is 40.2 Å². The molecular weight excluding hydrogens is 677 g/mol. The van der Waals surface area contributed by atoms with Gasteiger partial charge in [0.25, 0.3) is 5.91 Å². The summed E-state index contributed by atoms with van der Waals surface area (Å²) in [6.07, 6.45) is -7.94. The summed E-state index contributed by atoms with van der Waals surface area (Å²) in [6, 6.07) is 9.74. The van der Waals surface area contributed by atoms with Gasteiger partial charge in [0.15, 0.2) is 0 Å². The summed E-state index contributed by atoms with van der Waals surface area (Å²) in [5.41, 5.74) is -0.882. The highest BCUT2D eigenvalue weighted by Crippen LogP contribution is 2.42. The van der Waals surface area contributed by atoms with Crippen molar-refractivity contribution in [3.63, 3.8) is 0 Å². The number of rotatable bonds is 12. The highest BCUT2D eigenvalue weighted by atomic mass is 19.4. The molecule has 0 spiro atoms. The molecule has 1 fully saturated rings. The van der Waals surface area contributed by atoms with Crippen molar-refractivity contribution in [3.8, 4) is 33.9 Å². The highest BCUT2D eigenvalue weighted by Gasteiger charge is 2.57. The summed E-state index contributed by atoms with van der Waals surface area (Å²) in [5.74, 6) is -2.80. The smallest absolute Gasteiger partial charge is 0.424 e. The first-order chi connectivity index (χ1) is 23.5. The second-order valence-electron chi connectivity index (χ2n) is 11.5. The van der Waals surface area contributed by atoms with Gasteiger partial charge in [0.2, 0.25) is 11.5 Å². The molecule has 2 aromatic heterocycles. The number of carbonyl (C=O) groups excluding carboxylic acids is 2. The summed E-state index contributed by atoms with van der Waals surface area (Å²) in [6.45, 7) is 0.103. The summed E-state index contributed by atoms with van der Waals surface area (Å²) in [4.78, 5) is 32.9. The third-order valence-corrected chi connectivity index (χ3v) is 7.66. The Kier molecular flexibility index (Phi) is 10.0. The Hall–Kier alpha value is -5.25. The van der Waals surface area contributed by atoms with Crippen LogP contribution in [-0.4, -0.2) is 52.3 Å². The van der Waals surface area contributed by atoms with Gasteiger partial charge in [-0.25, -0.2) is 9.37 Å². The molecule has 2 amide bonds. The first kappa shape index (κ1) is 36.0. The van der Waals surface area contributed by atoms with E-state index in [-0.39, 0.29) is 57.7 Å². The van der Waals surface area contributed by atoms with Gasteiger partial charge in [-0.3, -0.25) is 14.6 Å². The molecule has 9 nitrogen and oxygen atoms in total. The molecule has 5 rings (SSSR count). The van der Waals surface area contributed by atoms with Crippen molar-refractivity contribution in [2.75, 3.05) is 13.2 Å². The standard InChI is InChI=1S/C34H29F7N4O5/c1-2-49-30-20(14-28(42)46)13-27(45-29(30)18-3-6-23(35)7-4-18)32(48,34(39,40)41)17-44-31(47)19-5-10-25(26(12-19)50-24-8-9-24)21-11-22(16-43-15-21)33(36,37)38/h3-7,10-13,15-16,24,48H,2,8-9,14,17H2,1H3,(H2,42,46)(H,44,47)/t32-/m0/s1. The van der Waals surface area contributed by atoms with E-state index < -0.39 is 59.8 Å². The molecule has 2 aromatic carbocycles. The quantitative estimate of drug-likeness (QED) is 0.151. The number of nitrogens with zero attached hydrogens (tertiary/aromatic N) is 2. The van der Waals surface area contributed by atoms with Crippen LogP contribution < -0.4 is 20.5 Å². The summed E-state index contributed by atoms with van der Waals surface area (Å²) in [7, 11) is 0. The highest BCUT2D eigenvalue weighted by molar-refractivity contribution is 5.95. The van der Waals surface area contributed by atoms with Crippen LogP contribution in [0.2, 0.25) is 0 Å². The predicted octanol–water partition coefficient (Wildman–Crippen LogP) is 6.12. The third kappa shape index (κ3) is 7.96. The van der Waals surface area contributed by atoms with E-state index in [9.17, 15) is 45.4 Å². The number of aliphatic hydroxyl groups is 1. The van der Waals surface area contributed by atoms with E-state index in [1.165, 1.54) is 36.5 Å². The zero-order chi connectivity index (χ0) is 36.4. The van der Waals surface area contributed by atoms with Crippen LogP contribution in [-0.2, 0) is 23.0 Å². The predicted molar refractivity (Wildman–Crippen MR) is 164 cm³/mol. The largest absolute Gasteiger partial charge is 0.491 e. The molecular formula is C34H29F7N4O5. The van der Waals surface area contributed by atoms with Crippen molar-refractivity contribution < 1.29 is 54.9 Å². The lowest BCUT2D eigenvalue weighted by Crippen LogP contribution is -2.51. The van der Waals surface area contributed by atoms with E-state index in [2.05, 4.69) is 15.3 Å². The van der Waals surface area contributed by atoms with Crippen LogP contribution in [0.5, 0.6) is 11.5 Å². The summed E-state index contributed by atoms with van der Waals surface area (Å²) in [5, 5.41) is 13.3. The topological polar surface area (TPSA) is 137 Å². The van der Waals surface area contributed by atoms with Crippen molar-refractivity contribution in [1.82, 2.24) is 15.3 Å². The molecule has 1 saturated carbocycles. The van der Waals surface area contributed by atoms with Gasteiger partial charge in [0.05, 0.1) is 36.9 Å². The van der Waals surface area contributed by atoms with E-state index in [0.29, 0.717) is 19.0 Å². The number of primary amides is 1. The lowest BCUT2D eigenvalue weighted by atomic mass is 9.93. The number of hydrogen-bond acceptors (Lipinski definition) is 7. The van der Waals surface area contributed by atoms with Gasteiger partial charge in [-0.1, -0.05) is 0 Å². The Balaban J connectivity index is 1.51. The van der Waals surface area contributed by atoms with Crippen molar-refractivity contribution in [2.45, 2.75) is 50.2 Å². The first-order valence-corrected chi connectivity index (χ1v) is 15.1. The van der Waals surface area contributed by atoms with Crippen molar-refractivity contribution in [2.24, 2.45) is 5.73 Å². The van der Waals surface area contributed by atoms with Crippen molar-refractivity contribution in [1.29, 1.82) is 0 Å². The van der Waals surface area contributed by atoms with Gasteiger partial charge in [0.1, 0.15) is 23.0 Å². The molecule has 0 aliphatic heterocycles. The summed E-state index contributed by atoms with van der Waals surface area (Å²) < 4.78 is 109. The molecule has 0 saturated heterocycles. The van der Waals surface area contributed by atoms with Gasteiger partial charge in [-0.15, -0.1) is 0 Å². The number of carbonyl (C=O) groups is 2. The average Bonchev–Trinajstić information content (AvgIpc) is 3.87. The summed E-state index contributed by atoms with van der Waals surface area (Å²) >= 11 is 0. The molecule has 0 unspecified atom stereocenters. The number of amides is 2. The van der Waals surface area contributed by atoms with Crippen LogP contribution in [0.25, 0.3) is 22.4 Å². The average molecular weight is 707 g/mol. The maximum Gasteiger partial charge on any atom is 0.424 e. The number of pyridine rings is 2. The van der Waals surface area contributed by atoms with Gasteiger partial charge < -0.3 is 25.6 Å². The maximum atomic E-state index is 14.7. The van der Waals surface area contributed by atoms with Crippen LogP contribution in [0.3, 0.4) is 0 Å². The minimum absolute atomic E-state index is 0.000528. The molecule has 0 bridgehead atoms. The number of ether oxygens (including phenoxy) is 2. The molecule has 16 heteroatoms. The second-order valence-corrected chi connectivity index (χ2v) is 11.5. The Morgan fingerprint density at radius 2 is 1.68 bits per heavy atom. The minimum Gasteiger partial charge on any atom is -0.491 e. The van der Waals surface area contributed by atoms with E-state index >= 15 is 0 Å². The normalized spacial score (nSPS) is 14.5. The van der Waals surface area contributed by atoms with E-state index in [0.717, 1.165) is 24.3 Å². The lowest BCUT2D eigenvalue weighted by molar-refractivity contribution is -0.265. The van der Waals surface area contributed by atoms with Crippen LogP contribution in [0.1, 0.15) is 46.9 Å². The fourth-order valence-electron chi connectivity index (χ4n) is 4.98. The molecule has 1 aliphatic rings. The molecule has 264 valence electrons. The minimum atomic E-state index is -5.45. The zero-order valence-corrected chi connectivity index (χ0v) is 26.2. The van der Waals surface area contributed by atoms with Crippen LogP contribution in [0.4, 0.5) is 30.7 Å². The van der Waals surface area contributed by atoms with Gasteiger partial charge in [-0.05, 0) is 74.4 Å². The SMILES string of the molecule is CCOc1c(CC(N)=O)cc([C@@](O)(CNC(=O)c2ccc(-c3cncc(C(F)(F)F)c3)c(OC3CC3)c2)C(F)(F)F)nc1-c1ccc(F)cc1. The van der Waals surface area contributed by atoms with E-state index in [1.807, 2.05) is 0 Å². The Morgan fingerprint density at radius 1 is 0.980 bits per heavy atom. The molecule has 1 aliphatic carbocycles. The molecule has 2 heterocycles. The van der Waals surface area contributed by atoms with Crippen LogP contribution in [0.15, 0.2) is 67.0 Å². The zero-order valence-electron chi connectivity index (χ0n) is 26.2. The fourth-order valence-corrected chi connectivity index (χ4v) is 4.98. The van der Waals surface area contributed by atoms with E-state index in [1.54, 1.807) is 6.92 Å². The number of nitrogens with two attached hydrogens (primary N) is 1. The molecule has 50 heavy (non-hydrogen) atoms. The van der Waals surface area contributed by atoms with Crippen LogP contribution >= 0.6 is 0 Å². The molecule has 4 aromatic rings. The van der Waals surface area contributed by atoms with Crippen molar-refractivity contribution >= 4 is 11.8 Å². The van der Waals surface area contributed by atoms with Gasteiger partial charge in [-0.2, -0.15) is 26.3 Å². The molecule has 0 radical (unpaired) electrons. The number of benzene rings is 2. The van der Waals surface area contributed by atoms with E-state index in [4.69, 9.17) is 15.2 Å². The van der Waals surface area contributed by atoms with Crippen LogP contribution in [0, 0.1) is 5.82 Å². The Labute approximate surface area is 280 Å². The third-order valence-electron chi connectivity index (χ3n) is 7.66. The van der Waals surface area contributed by atoms with Crippen molar-refractivity contribution in [3.05, 3.63) is 95.2 Å². The first-order valence-electron chi connectivity index (χ1n) is 15.1. The molecule has 1 atom stereocenters. The monoisotopic (exact) mass is 706 g/mol. The van der Waals surface area contributed by atoms with Gasteiger partial charge >= 0.3 is 12.4 Å². The lowest BCUT2D eigenvalue weighted by Gasteiger charge is -2.31. The Morgan fingerprint density at radius 3 is 2.28 bits per heavy atom.